The van der Waals surface area contributed by atoms with E-state index in [-0.39, 0.29) is 12.5 Å². The van der Waals surface area contributed by atoms with Gasteiger partial charge in [-0.05, 0) is 23.6 Å². The number of terminal acetylenes is 1. The molecule has 3 heteroatoms. The van der Waals surface area contributed by atoms with Crippen molar-refractivity contribution in [3.05, 3.63) is 96.1 Å². The molecule has 0 spiro atoms. The summed E-state index contributed by atoms with van der Waals surface area (Å²) in [7, 11) is 0. The highest BCUT2D eigenvalue weighted by Gasteiger charge is 1.98. The Morgan fingerprint density at radius 1 is 0.815 bits per heavy atom. The number of hydrogen-bond donors (Lipinski definition) is 1. The SMILES string of the molecule is C#C.Cc1ccc(-c2ccccc2)cc1.NCC(=O)OCc1ccccc1. The molecule has 0 amide bonds. The standard InChI is InChI=1S/C13H12.C9H11NO2.C2H2/c1-11-7-9-13(10-8-11)12-5-3-2-4-6-12;10-6-9(11)12-7-8-4-2-1-3-5-8;1-2/h2-10H,1H3;1-5H,6-7,10H2;1-2H. The van der Waals surface area contributed by atoms with Crippen LogP contribution in [0.25, 0.3) is 11.1 Å². The molecule has 27 heavy (non-hydrogen) atoms. The molecule has 0 aromatic heterocycles. The Morgan fingerprint density at radius 3 is 1.81 bits per heavy atom. The molecule has 0 saturated heterocycles. The lowest BCUT2D eigenvalue weighted by atomic mass is 10.0. The van der Waals surface area contributed by atoms with Crippen molar-refractivity contribution in [1.82, 2.24) is 0 Å². The molecule has 0 unspecified atom stereocenters. The van der Waals surface area contributed by atoms with Gasteiger partial charge < -0.3 is 10.5 Å². The average Bonchev–Trinajstić information content (AvgIpc) is 2.76. The van der Waals surface area contributed by atoms with Crippen molar-refractivity contribution in [3.63, 3.8) is 0 Å². The summed E-state index contributed by atoms with van der Waals surface area (Å²) < 4.78 is 4.81. The Bertz CT molecular complexity index is 794. The minimum atomic E-state index is -0.376. The second-order valence-corrected chi connectivity index (χ2v) is 5.58. The molecule has 0 bridgehead atoms. The highest BCUT2D eigenvalue weighted by molar-refractivity contribution is 5.71. The minimum Gasteiger partial charge on any atom is -0.460 e. The van der Waals surface area contributed by atoms with Crippen LogP contribution in [0.1, 0.15) is 11.1 Å². The van der Waals surface area contributed by atoms with Crippen molar-refractivity contribution in [2.75, 3.05) is 6.54 Å². The van der Waals surface area contributed by atoms with Gasteiger partial charge in [-0.15, -0.1) is 12.8 Å². The topological polar surface area (TPSA) is 52.3 Å². The van der Waals surface area contributed by atoms with Crippen LogP contribution >= 0.6 is 0 Å². The van der Waals surface area contributed by atoms with E-state index < -0.39 is 0 Å². The Kier molecular flexibility index (Phi) is 10.4. The van der Waals surface area contributed by atoms with Gasteiger partial charge in [-0.2, -0.15) is 0 Å². The lowest BCUT2D eigenvalue weighted by Gasteiger charge is -2.01. The van der Waals surface area contributed by atoms with Gasteiger partial charge in [0.05, 0.1) is 6.54 Å². The van der Waals surface area contributed by atoms with Crippen molar-refractivity contribution in [1.29, 1.82) is 0 Å². The average molecular weight is 359 g/mol. The molecule has 0 radical (unpaired) electrons. The third kappa shape index (κ3) is 8.53. The van der Waals surface area contributed by atoms with Crippen LogP contribution in [-0.4, -0.2) is 12.5 Å². The fraction of sp³-hybridized carbons (Fsp3) is 0.125. The van der Waals surface area contributed by atoms with Gasteiger partial charge >= 0.3 is 5.97 Å². The molecule has 0 aliphatic rings. The maximum atomic E-state index is 10.6. The third-order valence-corrected chi connectivity index (χ3v) is 3.57. The first kappa shape index (κ1) is 21.7. The van der Waals surface area contributed by atoms with Gasteiger partial charge in [0, 0.05) is 0 Å². The molecule has 138 valence electrons. The summed E-state index contributed by atoms with van der Waals surface area (Å²) in [5.41, 5.74) is 9.90. The van der Waals surface area contributed by atoms with Gasteiger partial charge in [0.1, 0.15) is 6.61 Å². The van der Waals surface area contributed by atoms with Crippen molar-refractivity contribution in [3.8, 4) is 24.0 Å². The summed E-state index contributed by atoms with van der Waals surface area (Å²) >= 11 is 0. The Morgan fingerprint density at radius 2 is 1.30 bits per heavy atom. The van der Waals surface area contributed by atoms with E-state index >= 15 is 0 Å². The Labute approximate surface area is 161 Å². The zero-order valence-electron chi connectivity index (χ0n) is 15.5. The normalized spacial score (nSPS) is 9.04. The number of carbonyl (C=O) groups excluding carboxylic acids is 1. The fourth-order valence-electron chi connectivity index (χ4n) is 2.17. The molecule has 0 atom stereocenters. The monoisotopic (exact) mass is 359 g/mol. The molecular formula is C24H25NO2. The van der Waals surface area contributed by atoms with E-state index in [2.05, 4.69) is 68.3 Å². The lowest BCUT2D eigenvalue weighted by Crippen LogP contribution is -2.16. The summed E-state index contributed by atoms with van der Waals surface area (Å²) in [6.45, 7) is 2.35. The van der Waals surface area contributed by atoms with Crippen LogP contribution in [0.3, 0.4) is 0 Å². The maximum absolute atomic E-state index is 10.6. The number of ether oxygens (including phenoxy) is 1. The van der Waals surface area contributed by atoms with Crippen LogP contribution < -0.4 is 5.73 Å². The molecule has 3 nitrogen and oxygen atoms in total. The second kappa shape index (κ2) is 12.9. The van der Waals surface area contributed by atoms with Crippen LogP contribution in [0.15, 0.2) is 84.9 Å². The van der Waals surface area contributed by atoms with Gasteiger partial charge in [0.2, 0.25) is 0 Å². The molecule has 3 rings (SSSR count). The first-order valence-electron chi connectivity index (χ1n) is 8.54. The molecular weight excluding hydrogens is 334 g/mol. The molecule has 0 heterocycles. The van der Waals surface area contributed by atoms with E-state index in [9.17, 15) is 4.79 Å². The summed E-state index contributed by atoms with van der Waals surface area (Å²) in [6.07, 6.45) is 8.00. The van der Waals surface area contributed by atoms with Crippen molar-refractivity contribution in [2.45, 2.75) is 13.5 Å². The first-order chi connectivity index (χ1) is 13.2. The number of hydrogen-bond acceptors (Lipinski definition) is 3. The molecule has 0 saturated carbocycles. The first-order valence-corrected chi connectivity index (χ1v) is 8.54. The number of rotatable bonds is 4. The van der Waals surface area contributed by atoms with Gasteiger partial charge in [0.25, 0.3) is 0 Å². The highest BCUT2D eigenvalue weighted by atomic mass is 16.5. The summed E-state index contributed by atoms with van der Waals surface area (Å²) in [5.74, 6) is -0.376. The van der Waals surface area contributed by atoms with Gasteiger partial charge in [-0.1, -0.05) is 90.5 Å². The maximum Gasteiger partial charge on any atom is 0.320 e. The quantitative estimate of drug-likeness (QED) is 0.547. The number of aryl methyl sites for hydroxylation is 1. The molecule has 0 aliphatic heterocycles. The number of benzene rings is 3. The molecule has 3 aromatic carbocycles. The summed E-state index contributed by atoms with van der Waals surface area (Å²) in [5, 5.41) is 0. The van der Waals surface area contributed by atoms with Crippen LogP contribution in [0, 0.1) is 19.8 Å². The van der Waals surface area contributed by atoms with Crippen LogP contribution in [0.5, 0.6) is 0 Å². The van der Waals surface area contributed by atoms with Gasteiger partial charge in [-0.25, -0.2) is 0 Å². The fourth-order valence-corrected chi connectivity index (χ4v) is 2.17. The molecule has 2 N–H and O–H groups in total. The Balaban J connectivity index is 0.000000248. The minimum absolute atomic E-state index is 0.0627. The van der Waals surface area contributed by atoms with E-state index in [1.807, 2.05) is 36.4 Å². The van der Waals surface area contributed by atoms with E-state index in [0.29, 0.717) is 6.61 Å². The zero-order valence-corrected chi connectivity index (χ0v) is 15.5. The van der Waals surface area contributed by atoms with Crippen LogP contribution in [-0.2, 0) is 16.1 Å². The number of nitrogens with two attached hydrogens (primary N) is 1. The van der Waals surface area contributed by atoms with Crippen LogP contribution in [0.4, 0.5) is 0 Å². The molecule has 3 aromatic rings. The van der Waals surface area contributed by atoms with Gasteiger partial charge in [0.15, 0.2) is 0 Å². The predicted octanol–water partition coefficient (Wildman–Crippen LogP) is 4.60. The van der Waals surface area contributed by atoms with E-state index in [0.717, 1.165) is 5.56 Å². The van der Waals surface area contributed by atoms with Gasteiger partial charge in [-0.3, -0.25) is 4.79 Å². The number of esters is 1. The zero-order chi connectivity index (χ0) is 19.9. The third-order valence-electron chi connectivity index (χ3n) is 3.57. The predicted molar refractivity (Wildman–Crippen MR) is 112 cm³/mol. The van der Waals surface area contributed by atoms with E-state index in [1.54, 1.807) is 0 Å². The molecule has 0 fully saturated rings. The van der Waals surface area contributed by atoms with E-state index in [1.165, 1.54) is 16.7 Å². The summed E-state index contributed by atoms with van der Waals surface area (Å²) in [6, 6.07) is 28.5. The second-order valence-electron chi connectivity index (χ2n) is 5.58. The van der Waals surface area contributed by atoms with Crippen molar-refractivity contribution >= 4 is 5.97 Å². The molecule has 0 aliphatic carbocycles. The highest BCUT2D eigenvalue weighted by Crippen LogP contribution is 2.18. The van der Waals surface area contributed by atoms with E-state index in [4.69, 9.17) is 10.5 Å². The largest absolute Gasteiger partial charge is 0.460 e. The Hall–Kier alpha value is -3.35. The van der Waals surface area contributed by atoms with Crippen LogP contribution in [0.2, 0.25) is 0 Å². The smallest absolute Gasteiger partial charge is 0.320 e. The summed E-state index contributed by atoms with van der Waals surface area (Å²) in [4.78, 5) is 10.6. The van der Waals surface area contributed by atoms with Crippen molar-refractivity contribution in [2.24, 2.45) is 5.73 Å². The number of carbonyl (C=O) groups is 1. The van der Waals surface area contributed by atoms with Crippen molar-refractivity contribution < 1.29 is 9.53 Å². The lowest BCUT2D eigenvalue weighted by molar-refractivity contribution is -0.143.